The van der Waals surface area contributed by atoms with Gasteiger partial charge in [-0.1, -0.05) is 24.3 Å². The first-order valence-electron chi connectivity index (χ1n) is 7.10. The summed E-state index contributed by atoms with van der Waals surface area (Å²) < 4.78 is 5.26. The van der Waals surface area contributed by atoms with Crippen molar-refractivity contribution in [1.82, 2.24) is 5.32 Å². The van der Waals surface area contributed by atoms with Gasteiger partial charge in [-0.15, -0.1) is 11.3 Å². The third-order valence-electron chi connectivity index (χ3n) is 3.69. The highest BCUT2D eigenvalue weighted by Gasteiger charge is 2.06. The van der Waals surface area contributed by atoms with Gasteiger partial charge < -0.3 is 10.1 Å². The molecule has 0 saturated heterocycles. The Balaban J connectivity index is 1.72. The SMILES string of the molecule is COc1ccc2cc(CN[C@@H](C)c3cccs3)ccc2c1. The van der Waals surface area contributed by atoms with Crippen LogP contribution in [-0.2, 0) is 6.54 Å². The molecule has 1 aromatic heterocycles. The Bertz CT molecular complexity index is 721. The second-order valence-electron chi connectivity index (χ2n) is 5.17. The quantitative estimate of drug-likeness (QED) is 0.733. The summed E-state index contributed by atoms with van der Waals surface area (Å²) >= 11 is 1.80. The van der Waals surface area contributed by atoms with Crippen molar-refractivity contribution in [3.8, 4) is 5.75 Å². The molecule has 0 aliphatic heterocycles. The molecule has 21 heavy (non-hydrogen) atoms. The lowest BCUT2D eigenvalue weighted by molar-refractivity contribution is 0.415. The summed E-state index contributed by atoms with van der Waals surface area (Å²) in [5, 5.41) is 8.16. The molecule has 0 aliphatic carbocycles. The Morgan fingerprint density at radius 2 is 1.90 bits per heavy atom. The van der Waals surface area contributed by atoms with Gasteiger partial charge in [0.1, 0.15) is 5.75 Å². The van der Waals surface area contributed by atoms with Crippen LogP contribution < -0.4 is 10.1 Å². The summed E-state index contributed by atoms with van der Waals surface area (Å²) in [5.74, 6) is 0.902. The van der Waals surface area contributed by atoms with Crippen molar-refractivity contribution in [2.24, 2.45) is 0 Å². The van der Waals surface area contributed by atoms with Gasteiger partial charge in [0.2, 0.25) is 0 Å². The Kier molecular flexibility index (Phi) is 4.23. The van der Waals surface area contributed by atoms with E-state index in [1.807, 2.05) is 6.07 Å². The molecule has 0 amide bonds. The zero-order valence-corrected chi connectivity index (χ0v) is 13.1. The Morgan fingerprint density at radius 1 is 1.10 bits per heavy atom. The third kappa shape index (κ3) is 3.26. The molecule has 108 valence electrons. The molecule has 1 heterocycles. The van der Waals surface area contributed by atoms with Gasteiger partial charge in [0.15, 0.2) is 0 Å². The minimum Gasteiger partial charge on any atom is -0.497 e. The molecule has 0 spiro atoms. The molecule has 0 aliphatic rings. The predicted molar refractivity (Wildman–Crippen MR) is 90.1 cm³/mol. The van der Waals surface area contributed by atoms with Crippen molar-refractivity contribution in [3.05, 3.63) is 64.4 Å². The molecule has 0 saturated carbocycles. The molecule has 3 heteroatoms. The molecule has 3 aromatic rings. The highest BCUT2D eigenvalue weighted by atomic mass is 32.1. The first-order chi connectivity index (χ1) is 10.3. The van der Waals surface area contributed by atoms with E-state index in [9.17, 15) is 0 Å². The van der Waals surface area contributed by atoms with Crippen LogP contribution in [0, 0.1) is 0 Å². The average Bonchev–Trinajstić information content (AvgIpc) is 3.06. The number of hydrogen-bond acceptors (Lipinski definition) is 3. The number of methoxy groups -OCH3 is 1. The maximum Gasteiger partial charge on any atom is 0.119 e. The van der Waals surface area contributed by atoms with E-state index in [1.54, 1.807) is 18.4 Å². The topological polar surface area (TPSA) is 21.3 Å². The second-order valence-corrected chi connectivity index (χ2v) is 6.14. The van der Waals surface area contributed by atoms with Crippen LogP contribution in [0.1, 0.15) is 23.4 Å². The van der Waals surface area contributed by atoms with Crippen LogP contribution in [0.4, 0.5) is 0 Å². The van der Waals surface area contributed by atoms with Gasteiger partial charge in [0.05, 0.1) is 7.11 Å². The summed E-state index contributed by atoms with van der Waals surface area (Å²) in [5.41, 5.74) is 1.30. The van der Waals surface area contributed by atoms with Crippen molar-refractivity contribution >= 4 is 22.1 Å². The summed E-state index contributed by atoms with van der Waals surface area (Å²) in [6.07, 6.45) is 0. The maximum absolute atomic E-state index is 5.26. The highest BCUT2D eigenvalue weighted by molar-refractivity contribution is 7.10. The minimum absolute atomic E-state index is 0.386. The molecule has 0 bridgehead atoms. The van der Waals surface area contributed by atoms with Crippen LogP contribution in [0.5, 0.6) is 5.75 Å². The van der Waals surface area contributed by atoms with Crippen molar-refractivity contribution in [1.29, 1.82) is 0 Å². The van der Waals surface area contributed by atoms with Crippen molar-refractivity contribution in [3.63, 3.8) is 0 Å². The summed E-state index contributed by atoms with van der Waals surface area (Å²) in [4.78, 5) is 1.38. The highest BCUT2D eigenvalue weighted by Crippen LogP contribution is 2.23. The Hall–Kier alpha value is -1.84. The van der Waals surface area contributed by atoms with Crippen molar-refractivity contribution in [2.45, 2.75) is 19.5 Å². The zero-order valence-electron chi connectivity index (χ0n) is 12.3. The second kappa shape index (κ2) is 6.29. The monoisotopic (exact) mass is 297 g/mol. The normalized spacial score (nSPS) is 12.5. The fourth-order valence-electron chi connectivity index (χ4n) is 2.42. The summed E-state index contributed by atoms with van der Waals surface area (Å²) in [6, 6.07) is 17.4. The van der Waals surface area contributed by atoms with Gasteiger partial charge in [-0.3, -0.25) is 0 Å². The number of hydrogen-bond donors (Lipinski definition) is 1. The van der Waals surface area contributed by atoms with Gasteiger partial charge in [-0.05, 0) is 52.9 Å². The van der Waals surface area contributed by atoms with E-state index in [4.69, 9.17) is 4.74 Å². The van der Waals surface area contributed by atoms with E-state index in [2.05, 4.69) is 60.1 Å². The average molecular weight is 297 g/mol. The molecular formula is C18H19NOS. The molecule has 2 nitrogen and oxygen atoms in total. The number of nitrogens with one attached hydrogen (secondary N) is 1. The fourth-order valence-corrected chi connectivity index (χ4v) is 3.18. The fraction of sp³-hybridized carbons (Fsp3) is 0.222. The van der Waals surface area contributed by atoms with Crippen LogP contribution in [0.25, 0.3) is 10.8 Å². The Labute approximate surface area is 129 Å². The lowest BCUT2D eigenvalue weighted by atomic mass is 10.1. The predicted octanol–water partition coefficient (Wildman–Crippen LogP) is 4.76. The van der Waals surface area contributed by atoms with Crippen LogP contribution in [0.2, 0.25) is 0 Å². The van der Waals surface area contributed by atoms with Crippen molar-refractivity contribution in [2.75, 3.05) is 7.11 Å². The molecule has 0 unspecified atom stereocenters. The summed E-state index contributed by atoms with van der Waals surface area (Å²) in [7, 11) is 1.70. The number of thiophene rings is 1. The van der Waals surface area contributed by atoms with Gasteiger partial charge in [0, 0.05) is 17.5 Å². The van der Waals surface area contributed by atoms with Crippen molar-refractivity contribution < 1.29 is 4.74 Å². The van der Waals surface area contributed by atoms with Gasteiger partial charge >= 0.3 is 0 Å². The molecule has 2 aromatic carbocycles. The number of ether oxygens (including phenoxy) is 1. The van der Waals surface area contributed by atoms with Crippen LogP contribution >= 0.6 is 11.3 Å². The van der Waals surface area contributed by atoms with E-state index >= 15 is 0 Å². The van der Waals surface area contributed by atoms with E-state index in [0.29, 0.717) is 6.04 Å². The largest absolute Gasteiger partial charge is 0.497 e. The number of fused-ring (bicyclic) bond motifs is 1. The lowest BCUT2D eigenvalue weighted by Gasteiger charge is -2.12. The minimum atomic E-state index is 0.386. The number of benzene rings is 2. The van der Waals surface area contributed by atoms with Gasteiger partial charge in [-0.2, -0.15) is 0 Å². The van der Waals surface area contributed by atoms with Crippen LogP contribution in [-0.4, -0.2) is 7.11 Å². The smallest absolute Gasteiger partial charge is 0.119 e. The molecule has 1 atom stereocenters. The van der Waals surface area contributed by atoms with E-state index < -0.39 is 0 Å². The standard InChI is InChI=1S/C18H19NOS/c1-13(18-4-3-9-21-18)19-12-14-5-6-16-11-17(20-2)8-7-15(16)10-14/h3-11,13,19H,12H2,1-2H3/t13-/m0/s1. The van der Waals surface area contributed by atoms with Crippen LogP contribution in [0.3, 0.4) is 0 Å². The molecule has 0 radical (unpaired) electrons. The van der Waals surface area contributed by atoms with E-state index in [1.165, 1.54) is 21.2 Å². The Morgan fingerprint density at radius 3 is 2.67 bits per heavy atom. The molecule has 1 N–H and O–H groups in total. The van der Waals surface area contributed by atoms with Crippen LogP contribution in [0.15, 0.2) is 53.9 Å². The lowest BCUT2D eigenvalue weighted by Crippen LogP contribution is -2.17. The maximum atomic E-state index is 5.26. The summed E-state index contributed by atoms with van der Waals surface area (Å²) in [6.45, 7) is 3.08. The number of rotatable bonds is 5. The van der Waals surface area contributed by atoms with Gasteiger partial charge in [0.25, 0.3) is 0 Å². The molecule has 0 fully saturated rings. The zero-order chi connectivity index (χ0) is 14.7. The molecular weight excluding hydrogens is 278 g/mol. The first-order valence-corrected chi connectivity index (χ1v) is 7.98. The first kappa shape index (κ1) is 14.1. The van der Waals surface area contributed by atoms with E-state index in [-0.39, 0.29) is 0 Å². The third-order valence-corrected chi connectivity index (χ3v) is 4.75. The van der Waals surface area contributed by atoms with Gasteiger partial charge in [-0.25, -0.2) is 0 Å². The molecule has 3 rings (SSSR count). The van der Waals surface area contributed by atoms with E-state index in [0.717, 1.165) is 12.3 Å².